The number of carboxylic acids is 1. The van der Waals surface area contributed by atoms with Crippen LogP contribution in [0.1, 0.15) is 12.5 Å². The molecule has 4 N–H and O–H groups in total. The first-order valence-electron chi connectivity index (χ1n) is 5.56. The van der Waals surface area contributed by atoms with Crippen molar-refractivity contribution >= 4 is 17.7 Å². The van der Waals surface area contributed by atoms with Crippen molar-refractivity contribution in [2.45, 2.75) is 26.0 Å². The number of halogens is 1. The molecule has 0 aliphatic rings. The van der Waals surface area contributed by atoms with Gasteiger partial charge in [0.15, 0.2) is 6.04 Å². The van der Waals surface area contributed by atoms with E-state index in [1.807, 2.05) is 0 Å². The second-order valence-electron chi connectivity index (χ2n) is 4.09. The third-order valence-corrected chi connectivity index (χ3v) is 2.50. The molecule has 104 valence electrons. The topological polar surface area (TPSA) is 98.7 Å². The van der Waals surface area contributed by atoms with E-state index in [0.717, 1.165) is 0 Å². The number of aryl methyl sites for hydroxylation is 1. The summed E-state index contributed by atoms with van der Waals surface area (Å²) in [4.78, 5) is 22.4. The van der Waals surface area contributed by atoms with Gasteiger partial charge in [0.2, 0.25) is 0 Å². The summed E-state index contributed by atoms with van der Waals surface area (Å²) in [7, 11) is 0. The number of nitrogens with one attached hydrogen (secondary N) is 2. The van der Waals surface area contributed by atoms with Crippen molar-refractivity contribution in [2.24, 2.45) is 0 Å². The molecular formula is C12H15FN2O4. The number of aliphatic carboxylic acids is 1. The first kappa shape index (κ1) is 14.9. The van der Waals surface area contributed by atoms with Gasteiger partial charge in [-0.15, -0.1) is 0 Å². The van der Waals surface area contributed by atoms with Crippen molar-refractivity contribution in [2.75, 3.05) is 5.32 Å². The van der Waals surface area contributed by atoms with Crippen LogP contribution in [0.15, 0.2) is 18.2 Å². The Morgan fingerprint density at radius 2 is 2.00 bits per heavy atom. The summed E-state index contributed by atoms with van der Waals surface area (Å²) >= 11 is 0. The van der Waals surface area contributed by atoms with Crippen LogP contribution >= 0.6 is 0 Å². The lowest BCUT2D eigenvalue weighted by molar-refractivity contribution is -0.141. The minimum atomic E-state index is -1.47. The quantitative estimate of drug-likeness (QED) is 0.658. The van der Waals surface area contributed by atoms with Crippen LogP contribution < -0.4 is 10.6 Å². The molecule has 6 nitrogen and oxygen atoms in total. The maximum absolute atomic E-state index is 13.5. The van der Waals surface area contributed by atoms with E-state index in [-0.39, 0.29) is 5.69 Å². The van der Waals surface area contributed by atoms with Gasteiger partial charge in [0.1, 0.15) is 5.82 Å². The van der Waals surface area contributed by atoms with Crippen LogP contribution in [-0.2, 0) is 4.79 Å². The number of aliphatic hydroxyl groups excluding tert-OH is 1. The molecule has 0 aromatic heterocycles. The molecule has 0 bridgehead atoms. The van der Waals surface area contributed by atoms with Crippen molar-refractivity contribution in [3.05, 3.63) is 29.6 Å². The van der Waals surface area contributed by atoms with E-state index in [1.165, 1.54) is 19.1 Å². The summed E-state index contributed by atoms with van der Waals surface area (Å²) in [6.07, 6.45) is -1.27. The van der Waals surface area contributed by atoms with Gasteiger partial charge in [-0.2, -0.15) is 0 Å². The highest BCUT2D eigenvalue weighted by molar-refractivity contribution is 5.93. The Hall–Kier alpha value is -2.15. The second-order valence-corrected chi connectivity index (χ2v) is 4.09. The number of rotatable bonds is 4. The SMILES string of the molecule is Cc1cccc(F)c1NC(=O)N[C@H](C(=O)O)[C@@H](C)O. The maximum Gasteiger partial charge on any atom is 0.328 e. The number of anilines is 1. The molecular weight excluding hydrogens is 255 g/mol. The first-order valence-corrected chi connectivity index (χ1v) is 5.56. The Labute approximate surface area is 109 Å². The van der Waals surface area contributed by atoms with Crippen molar-refractivity contribution in [1.29, 1.82) is 0 Å². The molecule has 1 aromatic rings. The molecule has 0 spiro atoms. The fraction of sp³-hybridized carbons (Fsp3) is 0.333. The predicted octanol–water partition coefficient (Wildman–Crippen LogP) is 1.09. The highest BCUT2D eigenvalue weighted by Gasteiger charge is 2.25. The summed E-state index contributed by atoms with van der Waals surface area (Å²) in [6, 6.07) is 1.89. The smallest absolute Gasteiger partial charge is 0.328 e. The fourth-order valence-electron chi connectivity index (χ4n) is 1.47. The molecule has 1 rings (SSSR count). The summed E-state index contributed by atoms with van der Waals surface area (Å²) in [5, 5.41) is 22.3. The van der Waals surface area contributed by atoms with E-state index in [9.17, 15) is 19.1 Å². The first-order chi connectivity index (χ1) is 8.82. The van der Waals surface area contributed by atoms with Gasteiger partial charge in [-0.1, -0.05) is 12.1 Å². The van der Waals surface area contributed by atoms with Gasteiger partial charge >= 0.3 is 12.0 Å². The van der Waals surface area contributed by atoms with Crippen LogP contribution in [0.25, 0.3) is 0 Å². The van der Waals surface area contributed by atoms with E-state index < -0.39 is 30.0 Å². The van der Waals surface area contributed by atoms with Crippen molar-refractivity contribution < 1.29 is 24.2 Å². The summed E-state index contributed by atoms with van der Waals surface area (Å²) in [5.74, 6) is -2.01. The number of hydrogen-bond acceptors (Lipinski definition) is 3. The Kier molecular flexibility index (Phi) is 4.82. The largest absolute Gasteiger partial charge is 0.480 e. The fourth-order valence-corrected chi connectivity index (χ4v) is 1.47. The summed E-state index contributed by atoms with van der Waals surface area (Å²) in [5.41, 5.74) is 0.466. The molecule has 0 saturated carbocycles. The highest BCUT2D eigenvalue weighted by atomic mass is 19.1. The van der Waals surface area contributed by atoms with Gasteiger partial charge in [-0.25, -0.2) is 14.0 Å². The van der Waals surface area contributed by atoms with Crippen LogP contribution in [0.2, 0.25) is 0 Å². The molecule has 0 fully saturated rings. The van der Waals surface area contributed by atoms with Crippen LogP contribution in [0.3, 0.4) is 0 Å². The highest BCUT2D eigenvalue weighted by Crippen LogP contribution is 2.18. The van der Waals surface area contributed by atoms with Crippen LogP contribution in [0, 0.1) is 12.7 Å². The van der Waals surface area contributed by atoms with Gasteiger partial charge in [0.25, 0.3) is 0 Å². The van der Waals surface area contributed by atoms with Gasteiger partial charge in [0, 0.05) is 0 Å². The summed E-state index contributed by atoms with van der Waals surface area (Å²) < 4.78 is 13.5. The minimum absolute atomic E-state index is 0.0327. The van der Waals surface area contributed by atoms with Crippen LogP contribution in [-0.4, -0.2) is 34.4 Å². The standard InChI is InChI=1S/C12H15FN2O4/c1-6-4-3-5-8(13)9(6)14-12(19)15-10(7(2)16)11(17)18/h3-5,7,10,16H,1-2H3,(H,17,18)(H2,14,15,19)/t7-,10+/m1/s1. The van der Waals surface area contributed by atoms with Crippen LogP contribution in [0.4, 0.5) is 14.9 Å². The third-order valence-electron chi connectivity index (χ3n) is 2.50. The maximum atomic E-state index is 13.5. The number of hydrogen-bond donors (Lipinski definition) is 4. The number of carbonyl (C=O) groups is 2. The molecule has 0 saturated heterocycles. The number of carboxylic acid groups (broad SMARTS) is 1. The monoisotopic (exact) mass is 270 g/mol. The van der Waals surface area contributed by atoms with Gasteiger partial charge < -0.3 is 20.8 Å². The zero-order valence-corrected chi connectivity index (χ0v) is 10.5. The van der Waals surface area contributed by atoms with E-state index in [4.69, 9.17) is 5.11 Å². The van der Waals surface area contributed by atoms with E-state index in [2.05, 4.69) is 10.6 Å². The lowest BCUT2D eigenvalue weighted by Gasteiger charge is -2.18. The van der Waals surface area contributed by atoms with Gasteiger partial charge in [0.05, 0.1) is 11.8 Å². The van der Waals surface area contributed by atoms with Crippen molar-refractivity contribution in [3.63, 3.8) is 0 Å². The molecule has 0 aliphatic carbocycles. The minimum Gasteiger partial charge on any atom is -0.480 e. The average Bonchev–Trinajstić information content (AvgIpc) is 2.30. The van der Waals surface area contributed by atoms with Crippen molar-refractivity contribution in [1.82, 2.24) is 5.32 Å². The second kappa shape index (κ2) is 6.14. The Bertz CT molecular complexity index is 470. The number of para-hydroxylation sites is 1. The van der Waals surface area contributed by atoms with Crippen LogP contribution in [0.5, 0.6) is 0 Å². The Morgan fingerprint density at radius 3 is 2.47 bits per heavy atom. The molecule has 1 aromatic carbocycles. The number of carbonyl (C=O) groups excluding carboxylic acids is 1. The van der Waals surface area contributed by atoms with E-state index in [1.54, 1.807) is 13.0 Å². The van der Waals surface area contributed by atoms with Crippen molar-refractivity contribution in [3.8, 4) is 0 Å². The number of aliphatic hydroxyl groups is 1. The van der Waals surface area contributed by atoms with Gasteiger partial charge in [-0.3, -0.25) is 0 Å². The third kappa shape index (κ3) is 3.92. The normalized spacial score (nSPS) is 13.5. The molecule has 0 aliphatic heterocycles. The van der Waals surface area contributed by atoms with Gasteiger partial charge in [-0.05, 0) is 25.5 Å². The van der Waals surface area contributed by atoms with E-state index in [0.29, 0.717) is 5.56 Å². The number of urea groups is 1. The molecule has 0 unspecified atom stereocenters. The Morgan fingerprint density at radius 1 is 1.37 bits per heavy atom. The summed E-state index contributed by atoms with van der Waals surface area (Å²) in [6.45, 7) is 2.83. The predicted molar refractivity (Wildman–Crippen MR) is 66.4 cm³/mol. The molecule has 0 radical (unpaired) electrons. The zero-order chi connectivity index (χ0) is 14.6. The molecule has 2 atom stereocenters. The zero-order valence-electron chi connectivity index (χ0n) is 10.5. The number of amides is 2. The lowest BCUT2D eigenvalue weighted by Crippen LogP contribution is -2.49. The molecule has 2 amide bonds. The average molecular weight is 270 g/mol. The molecule has 7 heteroatoms. The number of benzene rings is 1. The Balaban J connectivity index is 2.78. The molecule has 19 heavy (non-hydrogen) atoms. The lowest BCUT2D eigenvalue weighted by atomic mass is 10.2. The molecule has 0 heterocycles. The van der Waals surface area contributed by atoms with E-state index >= 15 is 0 Å².